The fraction of sp³-hybridized carbons (Fsp3) is 0.448. The van der Waals surface area contributed by atoms with Gasteiger partial charge in [-0.15, -0.1) is 11.3 Å². The highest BCUT2D eigenvalue weighted by molar-refractivity contribution is 7.19. The van der Waals surface area contributed by atoms with Crippen LogP contribution in [0.5, 0.6) is 0 Å². The van der Waals surface area contributed by atoms with Crippen LogP contribution in [0.15, 0.2) is 42.6 Å². The van der Waals surface area contributed by atoms with Gasteiger partial charge < -0.3 is 25.0 Å². The van der Waals surface area contributed by atoms with Gasteiger partial charge in [-0.3, -0.25) is 9.78 Å². The van der Waals surface area contributed by atoms with Crippen molar-refractivity contribution >= 4 is 27.8 Å². The number of carbonyl (C=O) groups excluding carboxylic acids is 1. The van der Waals surface area contributed by atoms with Crippen LogP contribution in [0.3, 0.4) is 0 Å². The van der Waals surface area contributed by atoms with Crippen molar-refractivity contribution in [3.8, 4) is 22.4 Å². The largest absolute Gasteiger partial charge is 0.378 e. The lowest BCUT2D eigenvalue weighted by Crippen LogP contribution is -2.37. The molecule has 8 heteroatoms. The van der Waals surface area contributed by atoms with Crippen LogP contribution in [-0.2, 0) is 9.47 Å². The van der Waals surface area contributed by atoms with Gasteiger partial charge in [0.25, 0.3) is 0 Å². The summed E-state index contributed by atoms with van der Waals surface area (Å²) < 4.78 is 11.2. The highest BCUT2D eigenvalue weighted by Gasteiger charge is 2.42. The van der Waals surface area contributed by atoms with E-state index in [-0.39, 0.29) is 17.2 Å². The van der Waals surface area contributed by atoms with Crippen molar-refractivity contribution in [1.29, 1.82) is 0 Å². The van der Waals surface area contributed by atoms with E-state index in [2.05, 4.69) is 60.0 Å². The van der Waals surface area contributed by atoms with Crippen LogP contribution < -0.4 is 15.5 Å². The molecule has 0 saturated carbocycles. The van der Waals surface area contributed by atoms with Crippen molar-refractivity contribution < 1.29 is 14.3 Å². The summed E-state index contributed by atoms with van der Waals surface area (Å²) in [4.78, 5) is 23.6. The van der Waals surface area contributed by atoms with Crippen LogP contribution in [-0.4, -0.2) is 63.4 Å². The van der Waals surface area contributed by atoms with Crippen molar-refractivity contribution in [3.05, 3.63) is 53.0 Å². The van der Waals surface area contributed by atoms with Gasteiger partial charge in [-0.25, -0.2) is 0 Å². The summed E-state index contributed by atoms with van der Waals surface area (Å²) >= 11 is 1.60. The smallest absolute Gasteiger partial charge is 0.173 e. The topological polar surface area (TPSA) is 80.9 Å². The molecule has 37 heavy (non-hydrogen) atoms. The molecule has 2 N–H and O–H groups in total. The lowest BCUT2D eigenvalue weighted by molar-refractivity contribution is 0.0891. The van der Waals surface area contributed by atoms with Gasteiger partial charge in [-0.05, 0) is 35.2 Å². The first kappa shape index (κ1) is 24.6. The highest BCUT2D eigenvalue weighted by Crippen LogP contribution is 2.53. The average molecular weight is 519 g/mol. The first-order valence-corrected chi connectivity index (χ1v) is 13.9. The number of aromatic nitrogens is 1. The van der Waals surface area contributed by atoms with Gasteiger partial charge in [0.1, 0.15) is 5.00 Å². The minimum atomic E-state index is -0.301. The molecule has 1 aliphatic carbocycles. The number of Topliss-reactive ketones (excluding diaryl/α,β-unsaturated/α-hetero) is 1. The number of fused-ring (bicyclic) bond motifs is 1. The van der Waals surface area contributed by atoms with Crippen LogP contribution in [0.25, 0.3) is 22.4 Å². The van der Waals surface area contributed by atoms with Gasteiger partial charge in [0.05, 0.1) is 37.0 Å². The van der Waals surface area contributed by atoms with Gasteiger partial charge in [0.15, 0.2) is 5.78 Å². The molecular weight excluding hydrogens is 484 g/mol. The number of hydrogen-bond donors (Lipinski definition) is 1. The maximum Gasteiger partial charge on any atom is 0.173 e. The van der Waals surface area contributed by atoms with Crippen LogP contribution in [0.2, 0.25) is 0 Å². The van der Waals surface area contributed by atoms with Crippen molar-refractivity contribution in [2.24, 2.45) is 11.1 Å². The second-order valence-electron chi connectivity index (χ2n) is 10.8. The number of ether oxygens (including phenoxy) is 2. The van der Waals surface area contributed by atoms with Crippen LogP contribution in [0.4, 0.5) is 10.7 Å². The van der Waals surface area contributed by atoms with Crippen LogP contribution in [0, 0.1) is 5.41 Å². The van der Waals surface area contributed by atoms with Gasteiger partial charge >= 0.3 is 0 Å². The molecule has 6 rings (SSSR count). The molecule has 2 aromatic heterocycles. The average Bonchev–Trinajstić information content (AvgIpc) is 3.34. The van der Waals surface area contributed by atoms with E-state index in [9.17, 15) is 4.79 Å². The van der Waals surface area contributed by atoms with E-state index < -0.39 is 0 Å². The fourth-order valence-electron chi connectivity index (χ4n) is 5.63. The number of hydrogen-bond acceptors (Lipinski definition) is 8. The van der Waals surface area contributed by atoms with E-state index in [1.807, 2.05) is 6.20 Å². The summed E-state index contributed by atoms with van der Waals surface area (Å²) in [6.45, 7) is 10.5. The third kappa shape index (κ3) is 4.56. The maximum atomic E-state index is 13.3. The second kappa shape index (κ2) is 9.83. The first-order chi connectivity index (χ1) is 17.9. The Labute approximate surface area is 222 Å². The van der Waals surface area contributed by atoms with E-state index >= 15 is 0 Å². The fourth-order valence-corrected chi connectivity index (χ4v) is 6.99. The number of anilines is 2. The minimum absolute atomic E-state index is 0.194. The molecule has 7 nitrogen and oxygen atoms in total. The van der Waals surface area contributed by atoms with E-state index in [4.69, 9.17) is 20.2 Å². The van der Waals surface area contributed by atoms with Gasteiger partial charge in [0, 0.05) is 67.2 Å². The molecule has 0 bridgehead atoms. The normalized spacial score (nSPS) is 21.7. The number of benzene rings is 1. The predicted molar refractivity (Wildman–Crippen MR) is 149 cm³/mol. The molecule has 1 aromatic carbocycles. The molecule has 2 aliphatic heterocycles. The summed E-state index contributed by atoms with van der Waals surface area (Å²) in [5.41, 5.74) is 12.9. The Bertz CT molecular complexity index is 1310. The Kier molecular flexibility index (Phi) is 6.52. The molecule has 4 heterocycles. The minimum Gasteiger partial charge on any atom is -0.378 e. The summed E-state index contributed by atoms with van der Waals surface area (Å²) in [5.74, 6) is 0.194. The molecule has 3 aliphatic rings. The third-order valence-electron chi connectivity index (χ3n) is 7.81. The molecular formula is C29H34N4O3S. The van der Waals surface area contributed by atoms with Crippen LogP contribution >= 0.6 is 11.3 Å². The number of morpholine rings is 2. The second-order valence-corrected chi connectivity index (χ2v) is 11.8. The molecule has 0 unspecified atom stereocenters. The Hall–Kier alpha value is -2.78. The molecule has 3 aromatic rings. The number of rotatable bonds is 4. The van der Waals surface area contributed by atoms with E-state index in [0.29, 0.717) is 19.6 Å². The predicted octanol–water partition coefficient (Wildman–Crippen LogP) is 4.76. The monoisotopic (exact) mass is 518 g/mol. The molecule has 194 valence electrons. The zero-order valence-corrected chi connectivity index (χ0v) is 22.4. The molecule has 0 spiro atoms. The molecule has 2 saturated heterocycles. The third-order valence-corrected chi connectivity index (χ3v) is 9.12. The molecule has 0 radical (unpaired) electrons. The van der Waals surface area contributed by atoms with Crippen molar-refractivity contribution in [2.45, 2.75) is 26.3 Å². The number of ketones is 1. The Morgan fingerprint density at radius 1 is 0.973 bits per heavy atom. The lowest BCUT2D eigenvalue weighted by Gasteiger charge is -2.36. The zero-order valence-electron chi connectivity index (χ0n) is 21.5. The number of carbonyl (C=O) groups is 1. The Balaban J connectivity index is 1.46. The van der Waals surface area contributed by atoms with Crippen LogP contribution in [0.1, 0.15) is 41.5 Å². The van der Waals surface area contributed by atoms with E-state index in [0.717, 1.165) is 77.2 Å². The van der Waals surface area contributed by atoms with Crippen molar-refractivity contribution in [1.82, 2.24) is 4.98 Å². The SMILES string of the molecule is CC1(C)CC(=O)c2sc(N3CCOCC3)c(-c3ccnc(-c4cccc(N5CCOCC5)c4)c3)c2[C@@H]1N. The van der Waals surface area contributed by atoms with Gasteiger partial charge in [-0.2, -0.15) is 0 Å². The number of pyridine rings is 1. The highest BCUT2D eigenvalue weighted by atomic mass is 32.1. The maximum absolute atomic E-state index is 13.3. The van der Waals surface area contributed by atoms with Gasteiger partial charge in [-0.1, -0.05) is 26.0 Å². The first-order valence-electron chi connectivity index (χ1n) is 13.1. The molecule has 0 amide bonds. The van der Waals surface area contributed by atoms with E-state index in [1.54, 1.807) is 11.3 Å². The quantitative estimate of drug-likeness (QED) is 0.533. The number of nitrogens with two attached hydrogens (primary N) is 1. The lowest BCUT2D eigenvalue weighted by atomic mass is 9.71. The summed E-state index contributed by atoms with van der Waals surface area (Å²) in [6, 6.07) is 12.6. The standard InChI is InChI=1S/C29H34N4O3S/c1-29(2)18-23(34)26-25(27(29)30)24(28(37-26)33-10-14-36-15-11-33)20-6-7-31-22(17-20)19-4-3-5-21(16-19)32-8-12-35-13-9-32/h3-7,16-17,27H,8-15,18,30H2,1-2H3/t27-/m0/s1. The Morgan fingerprint density at radius 3 is 2.41 bits per heavy atom. The van der Waals surface area contributed by atoms with E-state index in [1.165, 1.54) is 5.69 Å². The molecule has 1 atom stereocenters. The summed E-state index contributed by atoms with van der Waals surface area (Å²) in [5, 5.41) is 1.12. The number of nitrogens with zero attached hydrogens (tertiary/aromatic N) is 3. The Morgan fingerprint density at radius 2 is 1.68 bits per heavy atom. The van der Waals surface area contributed by atoms with Crippen molar-refractivity contribution in [2.75, 3.05) is 62.4 Å². The number of thiophene rings is 1. The zero-order chi connectivity index (χ0) is 25.6. The van der Waals surface area contributed by atoms with Crippen molar-refractivity contribution in [3.63, 3.8) is 0 Å². The van der Waals surface area contributed by atoms with Gasteiger partial charge in [0.2, 0.25) is 0 Å². The summed E-state index contributed by atoms with van der Waals surface area (Å²) in [6.07, 6.45) is 2.35. The summed E-state index contributed by atoms with van der Waals surface area (Å²) in [7, 11) is 0. The molecule has 2 fully saturated rings.